The van der Waals surface area contributed by atoms with Gasteiger partial charge < -0.3 is 20.4 Å². The average molecular weight is 692 g/mol. The number of H-pyrrole nitrogens is 2. The third-order valence-corrected chi connectivity index (χ3v) is 6.57. The summed E-state index contributed by atoms with van der Waals surface area (Å²) < 4.78 is 58.6. The van der Waals surface area contributed by atoms with Crippen molar-refractivity contribution in [2.45, 2.75) is 6.42 Å². The third kappa shape index (κ3) is 8.07. The molecule has 25 heteroatoms. The summed E-state index contributed by atoms with van der Waals surface area (Å²) in [6.45, 7) is 0.0781. The number of aliphatic hydroxyl groups excluding tert-OH is 1. The molecule has 0 saturated carbocycles. The summed E-state index contributed by atoms with van der Waals surface area (Å²) in [7, 11) is -7.83. The van der Waals surface area contributed by atoms with E-state index in [1.165, 1.54) is 0 Å². The molecule has 0 amide bonds. The maximum absolute atomic E-state index is 13.5. The topological polar surface area (TPSA) is 321 Å². The highest BCUT2D eigenvalue weighted by Crippen LogP contribution is 2.27. The van der Waals surface area contributed by atoms with Gasteiger partial charge in [-0.25, -0.2) is 36.1 Å². The Morgan fingerprint density at radius 2 is 1.24 bits per heavy atom. The van der Waals surface area contributed by atoms with Gasteiger partial charge >= 0.3 is 17.1 Å². The number of halogens is 1. The van der Waals surface area contributed by atoms with Gasteiger partial charge in [0.15, 0.2) is 0 Å². The summed E-state index contributed by atoms with van der Waals surface area (Å²) >= 11 is 0. The number of sulfonamides is 2. The fourth-order valence-electron chi connectivity index (χ4n) is 3.71. The first-order valence-corrected chi connectivity index (χ1v) is 15.9. The molecule has 0 saturated heterocycles. The van der Waals surface area contributed by atoms with Gasteiger partial charge in [0.05, 0.1) is 44.2 Å². The van der Waals surface area contributed by atoms with Gasteiger partial charge in [0, 0.05) is 25.3 Å². The largest absolute Gasteiger partial charge is 0.396 e. The molecule has 4 aromatic rings. The molecule has 0 unspecified atom stereocenters. The van der Waals surface area contributed by atoms with Crippen LogP contribution in [0.25, 0.3) is 21.8 Å². The fourth-order valence-corrected chi connectivity index (χ4v) is 4.71. The van der Waals surface area contributed by atoms with Gasteiger partial charge in [-0.3, -0.25) is 29.8 Å². The van der Waals surface area contributed by atoms with Gasteiger partial charge in [-0.2, -0.15) is 13.7 Å². The third-order valence-electron chi connectivity index (χ3n) is 5.54. The van der Waals surface area contributed by atoms with Crippen LogP contribution in [-0.2, 0) is 20.0 Å². The van der Waals surface area contributed by atoms with E-state index in [1.807, 2.05) is 0 Å². The van der Waals surface area contributed by atoms with Crippen LogP contribution in [0, 0.1) is 26.0 Å². The molecule has 0 bridgehead atoms. The van der Waals surface area contributed by atoms with E-state index in [-0.39, 0.29) is 50.3 Å². The number of benzene rings is 2. The highest BCUT2D eigenvalue weighted by molar-refractivity contribution is 7.91. The zero-order chi connectivity index (χ0) is 34.7. The van der Waals surface area contributed by atoms with Crippen molar-refractivity contribution in [3.63, 3.8) is 0 Å². The molecule has 248 valence electrons. The second-order valence-corrected chi connectivity index (χ2v) is 12.6. The zero-order valence-electron chi connectivity index (χ0n) is 23.3. The molecule has 0 radical (unpaired) electrons. The lowest BCUT2D eigenvalue weighted by molar-refractivity contribution is -0.387. The van der Waals surface area contributed by atoms with Gasteiger partial charge in [-0.05, 0) is 18.6 Å². The molecular formula is C21H22FN9O13S2. The molecule has 0 spiro atoms. The van der Waals surface area contributed by atoms with E-state index in [4.69, 9.17) is 5.11 Å². The van der Waals surface area contributed by atoms with Gasteiger partial charge in [0.25, 0.3) is 16.8 Å². The normalized spacial score (nSPS) is 11.5. The monoisotopic (exact) mass is 691 g/mol. The molecule has 0 fully saturated rings. The average Bonchev–Trinajstić information content (AvgIpc) is 2.93. The van der Waals surface area contributed by atoms with Gasteiger partial charge in [0.2, 0.25) is 25.9 Å². The number of fused-ring (bicyclic) bond motifs is 2. The molecular weight excluding hydrogens is 669 g/mol. The van der Waals surface area contributed by atoms with Crippen molar-refractivity contribution in [3.8, 4) is 0 Å². The zero-order valence-corrected chi connectivity index (χ0v) is 24.9. The molecule has 0 aliphatic carbocycles. The number of nitrogens with one attached hydrogen (secondary N) is 5. The van der Waals surface area contributed by atoms with Gasteiger partial charge in [-0.1, -0.05) is 0 Å². The lowest BCUT2D eigenvalue weighted by Crippen LogP contribution is -2.43. The van der Waals surface area contributed by atoms with Crippen molar-refractivity contribution in [2.75, 3.05) is 40.6 Å². The smallest absolute Gasteiger partial charge is 0.348 e. The Morgan fingerprint density at radius 3 is 1.65 bits per heavy atom. The van der Waals surface area contributed by atoms with E-state index < -0.39 is 69.3 Å². The van der Waals surface area contributed by atoms with Crippen molar-refractivity contribution in [1.29, 1.82) is 0 Å². The highest BCUT2D eigenvalue weighted by Gasteiger charge is 2.21. The second-order valence-electron chi connectivity index (χ2n) is 9.15. The number of aromatic nitrogens is 4. The van der Waals surface area contributed by atoms with Crippen molar-refractivity contribution in [2.24, 2.45) is 0 Å². The van der Waals surface area contributed by atoms with Gasteiger partial charge in [-0.15, -0.1) is 0 Å². The van der Waals surface area contributed by atoms with E-state index in [0.717, 1.165) is 18.4 Å². The van der Waals surface area contributed by atoms with Crippen LogP contribution in [0.5, 0.6) is 0 Å². The lowest BCUT2D eigenvalue weighted by Gasteiger charge is -2.10. The SMILES string of the molecule is CS(=O)(=O)Nn1c(=O)[nH]c2cc([N+](=O)[O-])c(F)cc2c1=O.CS(=O)(=O)Nn1c(=O)[nH]c2cc([N+](=O)[O-])c(NCCCO)cc2c1=O. The van der Waals surface area contributed by atoms with Gasteiger partial charge in [0.1, 0.15) is 5.69 Å². The van der Waals surface area contributed by atoms with Crippen LogP contribution in [0.4, 0.5) is 21.5 Å². The van der Waals surface area contributed by atoms with E-state index in [9.17, 15) is 60.6 Å². The maximum Gasteiger partial charge on any atom is 0.348 e. The molecule has 22 nitrogen and oxygen atoms in total. The number of aromatic amines is 2. The number of rotatable bonds is 10. The summed E-state index contributed by atoms with van der Waals surface area (Å²) in [5, 5.41) is 32.7. The van der Waals surface area contributed by atoms with Crippen LogP contribution < -0.4 is 37.5 Å². The molecule has 2 aromatic heterocycles. The molecule has 6 N–H and O–H groups in total. The predicted octanol–water partition coefficient (Wildman–Crippen LogP) is -1.86. The molecule has 0 atom stereocenters. The number of aliphatic hydroxyl groups is 1. The summed E-state index contributed by atoms with van der Waals surface area (Å²) in [4.78, 5) is 75.5. The number of anilines is 1. The first kappa shape index (κ1) is 34.8. The lowest BCUT2D eigenvalue weighted by atomic mass is 10.2. The van der Waals surface area contributed by atoms with E-state index >= 15 is 0 Å². The minimum absolute atomic E-state index is 0.000930. The van der Waals surface area contributed by atoms with Crippen molar-refractivity contribution in [3.05, 3.63) is 92.0 Å². The number of nitrogens with zero attached hydrogens (tertiary/aromatic N) is 4. The van der Waals surface area contributed by atoms with Crippen LogP contribution in [0.1, 0.15) is 6.42 Å². The van der Waals surface area contributed by atoms with Crippen LogP contribution in [-0.4, -0.2) is 76.8 Å². The Morgan fingerprint density at radius 1 is 0.804 bits per heavy atom. The molecule has 2 heterocycles. The Labute approximate surface area is 253 Å². The first-order valence-electron chi connectivity index (χ1n) is 12.1. The number of hydrogen-bond acceptors (Lipinski definition) is 14. The van der Waals surface area contributed by atoms with Crippen LogP contribution in [0.15, 0.2) is 43.4 Å². The van der Waals surface area contributed by atoms with Crippen LogP contribution >= 0.6 is 0 Å². The van der Waals surface area contributed by atoms with Crippen molar-refractivity contribution < 1.29 is 36.2 Å². The molecule has 4 rings (SSSR count). The van der Waals surface area contributed by atoms with E-state index in [0.29, 0.717) is 24.8 Å². The Bertz CT molecular complexity index is 2350. The first-order chi connectivity index (χ1) is 21.2. The van der Waals surface area contributed by atoms with Crippen LogP contribution in [0.2, 0.25) is 0 Å². The number of hydrogen-bond donors (Lipinski definition) is 6. The summed E-state index contributed by atoms with van der Waals surface area (Å²) in [6, 6.07) is 3.37. The Balaban J connectivity index is 0.000000254. The number of nitro benzene ring substituents is 2. The van der Waals surface area contributed by atoms with Crippen LogP contribution in [0.3, 0.4) is 0 Å². The van der Waals surface area contributed by atoms with E-state index in [2.05, 4.69) is 15.3 Å². The minimum atomic E-state index is -3.93. The standard InChI is InChI=1S/C12H15N5O7S.C9H7FN4O6S/c1-25(23,24)15-16-11(19)7-5-9(13-3-2-4-18)10(17(21)22)6-8(7)14-12(16)20;1-21(19,20)12-13-8(15)4-2-5(10)7(14(17)18)3-6(4)11-9(13)16/h5-6,13,15,18H,2-4H2,1H3,(H,14,20);2-3,12H,1H3,(H,11,16). The van der Waals surface area contributed by atoms with Crippen molar-refractivity contribution >= 4 is 58.9 Å². The molecule has 2 aromatic carbocycles. The second kappa shape index (κ2) is 13.1. The maximum atomic E-state index is 13.5. The fraction of sp³-hybridized carbons (Fsp3) is 0.238. The quantitative estimate of drug-likeness (QED) is 0.0603. The Hall–Kier alpha value is -5.69. The highest BCUT2D eigenvalue weighted by atomic mass is 32.2. The minimum Gasteiger partial charge on any atom is -0.396 e. The molecule has 46 heavy (non-hydrogen) atoms. The summed E-state index contributed by atoms with van der Waals surface area (Å²) in [5.41, 5.74) is -6.10. The molecule has 0 aliphatic heterocycles. The predicted molar refractivity (Wildman–Crippen MR) is 160 cm³/mol. The molecule has 0 aliphatic rings. The number of nitro groups is 2. The summed E-state index contributed by atoms with van der Waals surface area (Å²) in [6.07, 6.45) is 1.79. The Kier molecular flexibility index (Phi) is 9.93. The van der Waals surface area contributed by atoms with E-state index in [1.54, 1.807) is 9.66 Å². The van der Waals surface area contributed by atoms with Crippen molar-refractivity contribution in [1.82, 2.24) is 19.3 Å². The summed E-state index contributed by atoms with van der Waals surface area (Å²) in [5.74, 6) is -1.29.